The van der Waals surface area contributed by atoms with Gasteiger partial charge in [-0.3, -0.25) is 0 Å². The summed E-state index contributed by atoms with van der Waals surface area (Å²) in [4.78, 5) is 22.9. The van der Waals surface area contributed by atoms with E-state index >= 15 is 0 Å². The Bertz CT molecular complexity index is 425. The number of nitrogen functional groups attached to an aromatic ring is 1. The molecule has 2 N–H and O–H groups in total. The molecule has 17 heavy (non-hydrogen) atoms. The number of aromatic nitrogens is 1. The van der Waals surface area contributed by atoms with Gasteiger partial charge in [0, 0.05) is 12.7 Å². The average Bonchev–Trinajstić information content (AvgIpc) is 2.69. The maximum Gasteiger partial charge on any atom is 0.355 e. The van der Waals surface area contributed by atoms with E-state index in [4.69, 9.17) is 10.5 Å². The Balaban J connectivity index is 2.79. The molecule has 0 saturated carbocycles. The first-order chi connectivity index (χ1) is 7.99. The largest absolute Gasteiger partial charge is 0.466 e. The van der Waals surface area contributed by atoms with E-state index in [1.807, 2.05) is 6.92 Å². The molecule has 0 aliphatic carbocycles. The third-order valence-electron chi connectivity index (χ3n) is 2.28. The van der Waals surface area contributed by atoms with Gasteiger partial charge in [0.25, 0.3) is 0 Å². The minimum Gasteiger partial charge on any atom is -0.466 e. The fourth-order valence-electron chi connectivity index (χ4n) is 1.40. The van der Waals surface area contributed by atoms with Crippen LogP contribution in [0.1, 0.15) is 24.3 Å². The van der Waals surface area contributed by atoms with E-state index in [0.717, 1.165) is 0 Å². The van der Waals surface area contributed by atoms with Gasteiger partial charge in [0.15, 0.2) is 6.10 Å². The first kappa shape index (κ1) is 13.1. The molecule has 1 rings (SSSR count). The topological polar surface area (TPSA) is 83.5 Å². The number of nitrogens with two attached hydrogens (primary N) is 1. The molecular weight excluding hydrogens is 224 g/mol. The summed E-state index contributed by atoms with van der Waals surface area (Å²) in [6.45, 7) is 3.92. The molecule has 6 heteroatoms. The maximum atomic E-state index is 11.8. The van der Waals surface area contributed by atoms with Gasteiger partial charge in [0.1, 0.15) is 5.69 Å². The molecule has 0 aromatic carbocycles. The summed E-state index contributed by atoms with van der Waals surface area (Å²) < 4.78 is 11.1. The number of hydrogen-bond acceptors (Lipinski definition) is 5. The zero-order chi connectivity index (χ0) is 13.0. The molecule has 1 unspecified atom stereocenters. The Morgan fingerprint density at radius 3 is 2.71 bits per heavy atom. The second-order valence-corrected chi connectivity index (χ2v) is 3.52. The van der Waals surface area contributed by atoms with E-state index in [9.17, 15) is 9.59 Å². The van der Waals surface area contributed by atoms with Crippen LogP contribution in [0.2, 0.25) is 0 Å². The molecule has 1 atom stereocenters. The van der Waals surface area contributed by atoms with Crippen LogP contribution in [0, 0.1) is 0 Å². The second-order valence-electron chi connectivity index (χ2n) is 3.52. The van der Waals surface area contributed by atoms with Gasteiger partial charge in [-0.05, 0) is 19.9 Å². The highest BCUT2D eigenvalue weighted by atomic mass is 16.6. The van der Waals surface area contributed by atoms with Crippen molar-refractivity contribution in [3.8, 4) is 0 Å². The summed E-state index contributed by atoms with van der Waals surface area (Å²) in [5.74, 6) is -1.19. The number of esters is 2. The number of nitrogens with zero attached hydrogens (tertiary/aromatic N) is 1. The first-order valence-corrected chi connectivity index (χ1v) is 5.24. The standard InChI is InChI=1S/C11H16N2O4/c1-4-13-6-8(12)5-9(13)11(15)17-7(2)10(14)16-3/h5-7H,4,12H2,1-3H3. The molecule has 0 bridgehead atoms. The molecule has 0 radical (unpaired) electrons. The predicted octanol–water partition coefficient (Wildman–Crippen LogP) is 0.809. The predicted molar refractivity (Wildman–Crippen MR) is 61.4 cm³/mol. The number of anilines is 1. The van der Waals surface area contributed by atoms with Crippen molar-refractivity contribution in [2.45, 2.75) is 26.5 Å². The summed E-state index contributed by atoms with van der Waals surface area (Å²) >= 11 is 0. The summed E-state index contributed by atoms with van der Waals surface area (Å²) in [7, 11) is 1.24. The Hall–Kier alpha value is -1.98. The molecule has 0 aliphatic heterocycles. The Kier molecular flexibility index (Phi) is 4.14. The van der Waals surface area contributed by atoms with E-state index in [1.165, 1.54) is 20.1 Å². The lowest BCUT2D eigenvalue weighted by Crippen LogP contribution is -2.26. The zero-order valence-electron chi connectivity index (χ0n) is 10.1. The average molecular weight is 240 g/mol. The van der Waals surface area contributed by atoms with Crippen molar-refractivity contribution >= 4 is 17.6 Å². The summed E-state index contributed by atoms with van der Waals surface area (Å²) in [5.41, 5.74) is 6.39. The summed E-state index contributed by atoms with van der Waals surface area (Å²) in [6.07, 6.45) is 0.702. The van der Waals surface area contributed by atoms with E-state index in [-0.39, 0.29) is 0 Å². The lowest BCUT2D eigenvalue weighted by molar-refractivity contribution is -0.149. The molecule has 0 spiro atoms. The summed E-state index contributed by atoms with van der Waals surface area (Å²) in [5, 5.41) is 0. The fourth-order valence-corrected chi connectivity index (χ4v) is 1.40. The third kappa shape index (κ3) is 2.99. The molecule has 6 nitrogen and oxygen atoms in total. The lowest BCUT2D eigenvalue weighted by Gasteiger charge is -2.11. The van der Waals surface area contributed by atoms with E-state index in [2.05, 4.69) is 4.74 Å². The van der Waals surface area contributed by atoms with Crippen molar-refractivity contribution < 1.29 is 19.1 Å². The molecule has 94 valence electrons. The van der Waals surface area contributed by atoms with E-state index in [0.29, 0.717) is 17.9 Å². The highest BCUT2D eigenvalue weighted by Gasteiger charge is 2.21. The molecule has 0 aliphatic rings. The van der Waals surface area contributed by atoms with Crippen molar-refractivity contribution in [1.82, 2.24) is 4.57 Å². The van der Waals surface area contributed by atoms with Gasteiger partial charge in [-0.25, -0.2) is 9.59 Å². The van der Waals surface area contributed by atoms with Crippen LogP contribution in [0.4, 0.5) is 5.69 Å². The molecular formula is C11H16N2O4. The molecule has 1 aromatic heterocycles. The van der Waals surface area contributed by atoms with Crippen molar-refractivity contribution in [3.63, 3.8) is 0 Å². The van der Waals surface area contributed by atoms with Gasteiger partial charge in [0.2, 0.25) is 0 Å². The third-order valence-corrected chi connectivity index (χ3v) is 2.28. The number of carbonyl (C=O) groups excluding carboxylic acids is 2. The van der Waals surface area contributed by atoms with Crippen LogP contribution in [0.3, 0.4) is 0 Å². The molecule has 1 aromatic rings. The molecule has 0 saturated heterocycles. The Labute approximate surface area is 99.3 Å². The van der Waals surface area contributed by atoms with Crippen molar-refractivity contribution in [2.24, 2.45) is 0 Å². The number of rotatable bonds is 4. The van der Waals surface area contributed by atoms with Gasteiger partial charge >= 0.3 is 11.9 Å². The number of ether oxygens (including phenoxy) is 2. The van der Waals surface area contributed by atoms with Gasteiger partial charge < -0.3 is 19.8 Å². The highest BCUT2D eigenvalue weighted by molar-refractivity contribution is 5.91. The van der Waals surface area contributed by atoms with Crippen molar-refractivity contribution in [2.75, 3.05) is 12.8 Å². The maximum absolute atomic E-state index is 11.8. The second kappa shape index (κ2) is 5.38. The van der Waals surface area contributed by atoms with Crippen molar-refractivity contribution in [1.29, 1.82) is 0 Å². The zero-order valence-corrected chi connectivity index (χ0v) is 10.1. The Morgan fingerprint density at radius 2 is 2.18 bits per heavy atom. The minimum absolute atomic E-state index is 0.320. The normalized spacial score (nSPS) is 11.9. The molecule has 0 fully saturated rings. The number of methoxy groups -OCH3 is 1. The number of carbonyl (C=O) groups is 2. The summed E-state index contributed by atoms with van der Waals surface area (Å²) in [6, 6.07) is 1.51. The van der Waals surface area contributed by atoms with E-state index in [1.54, 1.807) is 10.8 Å². The minimum atomic E-state index is -0.936. The van der Waals surface area contributed by atoms with Crippen LogP contribution in [0.25, 0.3) is 0 Å². The Morgan fingerprint density at radius 1 is 1.53 bits per heavy atom. The van der Waals surface area contributed by atoms with Crippen LogP contribution >= 0.6 is 0 Å². The fraction of sp³-hybridized carbons (Fsp3) is 0.455. The van der Waals surface area contributed by atoms with Gasteiger partial charge in [0.05, 0.1) is 12.8 Å². The highest BCUT2D eigenvalue weighted by Crippen LogP contribution is 2.12. The smallest absolute Gasteiger partial charge is 0.355 e. The SMILES string of the molecule is CCn1cc(N)cc1C(=O)OC(C)C(=O)OC. The van der Waals surface area contributed by atoms with Crippen LogP contribution in [0.15, 0.2) is 12.3 Å². The number of aryl methyl sites for hydroxylation is 1. The van der Waals surface area contributed by atoms with Gasteiger partial charge in [-0.1, -0.05) is 0 Å². The van der Waals surface area contributed by atoms with Crippen LogP contribution in [0.5, 0.6) is 0 Å². The monoisotopic (exact) mass is 240 g/mol. The van der Waals surface area contributed by atoms with Gasteiger partial charge in [-0.15, -0.1) is 0 Å². The lowest BCUT2D eigenvalue weighted by atomic mass is 10.4. The van der Waals surface area contributed by atoms with Crippen LogP contribution < -0.4 is 5.73 Å². The first-order valence-electron chi connectivity index (χ1n) is 5.24. The molecule has 1 heterocycles. The van der Waals surface area contributed by atoms with E-state index < -0.39 is 18.0 Å². The van der Waals surface area contributed by atoms with Crippen LogP contribution in [-0.2, 0) is 20.8 Å². The quantitative estimate of drug-likeness (QED) is 0.787. The van der Waals surface area contributed by atoms with Gasteiger partial charge in [-0.2, -0.15) is 0 Å². The van der Waals surface area contributed by atoms with Crippen LogP contribution in [-0.4, -0.2) is 29.7 Å². The number of hydrogen-bond donors (Lipinski definition) is 1. The van der Waals surface area contributed by atoms with Crippen molar-refractivity contribution in [3.05, 3.63) is 18.0 Å². The molecule has 0 amide bonds.